The Morgan fingerprint density at radius 2 is 0.807 bits per heavy atom. The van der Waals surface area contributed by atoms with Crippen molar-refractivity contribution in [1.29, 1.82) is 0 Å². The first-order chi connectivity index (χ1) is 53.4. The van der Waals surface area contributed by atoms with Gasteiger partial charge in [0.2, 0.25) is 17.4 Å². The minimum atomic E-state index is -2.32. The number of carbonyl (C=O) groups is 12. The summed E-state index contributed by atoms with van der Waals surface area (Å²) < 4.78 is 81.6. The maximum absolute atomic E-state index is 14.9. The molecule has 15 bridgehead atoms. The highest BCUT2D eigenvalue weighted by Crippen LogP contribution is 2.81. The number of hydrogen-bond acceptors (Lipinski definition) is 30. The van der Waals surface area contributed by atoms with Gasteiger partial charge in [0.15, 0.2) is 85.1 Å². The molecule has 0 radical (unpaired) electrons. The molecule has 7 spiro atoms. The van der Waals surface area contributed by atoms with E-state index >= 15 is 0 Å². The first-order valence-corrected chi connectivity index (χ1v) is 41.0. The van der Waals surface area contributed by atoms with Crippen LogP contribution in [0, 0.1) is 104 Å². The van der Waals surface area contributed by atoms with E-state index in [9.17, 15) is 83.1 Å². The monoisotopic (exact) mass is 1580 g/mol. The summed E-state index contributed by atoms with van der Waals surface area (Å²) in [5, 5.41) is 60.4. The lowest BCUT2D eigenvalue weighted by atomic mass is 9.46. The van der Waals surface area contributed by atoms with Crippen molar-refractivity contribution in [2.45, 2.75) is 268 Å². The Morgan fingerprint density at radius 3 is 1.25 bits per heavy atom. The number of aliphatic hydroxyl groups excluding tert-OH is 1. The number of aliphatic hydroxyl groups is 5. The Hall–Kier alpha value is -6.68. The Balaban J connectivity index is 0.000000101. The van der Waals surface area contributed by atoms with Crippen molar-refractivity contribution in [3.63, 3.8) is 0 Å². The van der Waals surface area contributed by atoms with Gasteiger partial charge in [-0.3, -0.25) is 43.2 Å². The fourth-order valence-corrected chi connectivity index (χ4v) is 31.5. The zero-order valence-corrected chi connectivity index (χ0v) is 64.5. The minimum absolute atomic E-state index is 0.0207. The summed E-state index contributed by atoms with van der Waals surface area (Å²) in [6.45, 7) is 15.3. The molecular weight excluding hydrogens is 1490 g/mol. The van der Waals surface area contributed by atoms with Crippen molar-refractivity contribution in [3.8, 4) is 0 Å². The maximum atomic E-state index is 14.9. The number of allylic oxidation sites excluding steroid dienone is 6. The smallest absolute Gasteiger partial charge is 0.342 e. The van der Waals surface area contributed by atoms with Crippen LogP contribution in [0.4, 0.5) is 0 Å². The summed E-state index contributed by atoms with van der Waals surface area (Å²) >= 11 is 0. The summed E-state index contributed by atoms with van der Waals surface area (Å²) in [4.78, 5) is 166. The molecule has 5 N–H and O–H groups in total. The van der Waals surface area contributed by atoms with Crippen LogP contribution in [-0.2, 0) is 119 Å². The number of Topliss-reactive ketones (excluding diaryl/α,β-unsaturated/α-hetero) is 3. The van der Waals surface area contributed by atoms with Gasteiger partial charge in [-0.15, -0.1) is 0 Å². The van der Waals surface area contributed by atoms with Crippen LogP contribution in [0.1, 0.15) is 159 Å². The van der Waals surface area contributed by atoms with Crippen LogP contribution in [0.2, 0.25) is 0 Å². The molecule has 16 saturated heterocycles. The van der Waals surface area contributed by atoms with Crippen LogP contribution in [0.15, 0.2) is 48.1 Å². The summed E-state index contributed by atoms with van der Waals surface area (Å²) in [6, 6.07) is 0. The zero-order valence-electron chi connectivity index (χ0n) is 64.5. The molecule has 37 atom stereocenters. The molecule has 16 aliphatic heterocycles. The number of carbonyl (C=O) groups excluding carboxylic acids is 12. The van der Waals surface area contributed by atoms with E-state index in [1.165, 1.54) is 12.2 Å². The second-order valence-electron chi connectivity index (χ2n) is 40.6. The number of ether oxygens (including phenoxy) is 13. The van der Waals surface area contributed by atoms with E-state index in [-0.39, 0.29) is 107 Å². The molecule has 9 aliphatic carbocycles. The highest BCUT2D eigenvalue weighted by Gasteiger charge is 2.98. The van der Waals surface area contributed by atoms with Crippen LogP contribution < -0.4 is 0 Å². The van der Waals surface area contributed by atoms with Crippen molar-refractivity contribution in [3.05, 3.63) is 48.1 Å². The quantitative estimate of drug-likeness (QED) is 0.100. The molecule has 21 fully saturated rings. The summed E-state index contributed by atoms with van der Waals surface area (Å²) in [6.07, 6.45) is 10.5. The van der Waals surface area contributed by atoms with Gasteiger partial charge in [-0.1, -0.05) is 50.6 Å². The van der Waals surface area contributed by atoms with Crippen LogP contribution >= 0.6 is 0 Å². The van der Waals surface area contributed by atoms with E-state index in [1.54, 1.807) is 46.8 Å². The van der Waals surface area contributed by atoms with E-state index in [0.29, 0.717) is 38.5 Å². The Kier molecular flexibility index (Phi) is 12.9. The predicted octanol–water partition coefficient (Wildman–Crippen LogP) is 2.05. The third-order valence-electron chi connectivity index (χ3n) is 37.6. The first kappa shape index (κ1) is 72.5. The van der Waals surface area contributed by atoms with Crippen LogP contribution in [-0.4, -0.2) is 225 Å². The average Bonchev–Trinajstić information content (AvgIpc) is 1.46. The lowest BCUT2D eigenvalue weighted by Crippen LogP contribution is -2.79. The van der Waals surface area contributed by atoms with Gasteiger partial charge >= 0.3 is 35.8 Å². The Morgan fingerprint density at radius 1 is 0.421 bits per heavy atom. The van der Waals surface area contributed by atoms with Crippen molar-refractivity contribution in [2.75, 3.05) is 19.8 Å². The fraction of sp³-hybridized carbons (Fsp3) is 0.762. The largest absolute Gasteiger partial charge is 0.458 e. The molecule has 16 heterocycles. The Labute approximate surface area is 652 Å². The highest BCUT2D eigenvalue weighted by molar-refractivity contribution is 6.05. The molecule has 0 aromatic carbocycles. The molecule has 5 saturated carbocycles. The zero-order chi connectivity index (χ0) is 80.2. The highest BCUT2D eigenvalue weighted by atomic mass is 16.8. The first-order valence-electron chi connectivity index (χ1n) is 41.0. The third-order valence-corrected chi connectivity index (χ3v) is 37.6. The van der Waals surface area contributed by atoms with Gasteiger partial charge in [-0.2, -0.15) is 0 Å². The van der Waals surface area contributed by atoms with Crippen LogP contribution in [0.25, 0.3) is 0 Å². The third kappa shape index (κ3) is 6.71. The summed E-state index contributed by atoms with van der Waals surface area (Å²) in [7, 11) is 0. The fourth-order valence-electron chi connectivity index (χ4n) is 31.5. The van der Waals surface area contributed by atoms with Crippen LogP contribution in [0.3, 0.4) is 0 Å². The molecular formula is C84H92O30. The number of esters is 6. The SMILES string of the molecule is CC12C(=O)C=CCC1=CCC1C2CCC2(O)C(=O)OC3(C)C4CC5(C)C(COC16OC23C5C6=O)C(=O)O4.CC12CC3OC(=O)C1COC14OC5(C2C1=O)C(O)(CCC1C4CC(O)C2(O)CC=CC(=O)C12C)C(=O)OC35C.CC12CC3OC(=O)C1COC14OC5(C2C1=O)C(O)(CCC1C4CC2OC24CC=CC(=O)C14C)C(=O)OC35C. The molecule has 0 aromatic heterocycles. The molecule has 30 heteroatoms. The van der Waals surface area contributed by atoms with Crippen molar-refractivity contribution in [1.82, 2.24) is 0 Å². The second-order valence-corrected chi connectivity index (χ2v) is 40.6. The maximum Gasteiger partial charge on any atom is 0.342 e. The predicted molar refractivity (Wildman–Crippen MR) is 369 cm³/mol. The molecule has 608 valence electrons. The molecule has 30 nitrogen and oxygen atoms in total. The number of fused-ring (bicyclic) bond motifs is 14. The van der Waals surface area contributed by atoms with Crippen molar-refractivity contribution < 1.29 is 145 Å². The summed E-state index contributed by atoms with van der Waals surface area (Å²) in [5.74, 6) is -21.3. The number of ketones is 6. The van der Waals surface area contributed by atoms with Gasteiger partial charge in [0.1, 0.15) is 29.5 Å². The Bertz CT molecular complexity index is 4910. The standard InChI is InChI=1S/C28H32O11.C28H30O10.C28H30O9/c1-22-10-17-24(3)28-18(22)19(31)27(39-28,36-11-14(22)20(32)37-17)13-9-16(30)25(34)7-4-5-15(29)23(25,2)12(13)6-8-26(28,35)21(33)38-24;1-22-10-17-24(3)28-18(22)19(30)27(38-28,34-11-14(22)20(31)35-17)13-9-16-26(36-16)7-4-5-15(29)23(26,2)12(13)6-8-25(28,33)21(32)37-24;1-23-11-18-25(3)28-19(23)20(30)27(37-28,34-12-16(23)21(31)35-18)15-8-7-13-5-4-6-17(29)24(13,2)14(15)9-10-26(28,33)22(32)36-25/h4-5,12-14,16-18,30,34-35H,6-11H2,1-3H3;4-5,12-14,16-18,33H,6-11H2,1-3H3;4,6-7,14-16,18-19,33H,5,8-12H2,1-3H3. The molecule has 25 rings (SSSR count). The molecule has 0 amide bonds. The molecule has 25 aliphatic rings. The van der Waals surface area contributed by atoms with Crippen molar-refractivity contribution in [2.24, 2.45) is 104 Å². The van der Waals surface area contributed by atoms with Gasteiger partial charge in [-0.05, 0) is 190 Å². The van der Waals surface area contributed by atoms with Crippen molar-refractivity contribution >= 4 is 70.5 Å². The van der Waals surface area contributed by atoms with Gasteiger partial charge < -0.3 is 87.1 Å². The lowest BCUT2D eigenvalue weighted by molar-refractivity contribution is -0.382. The van der Waals surface area contributed by atoms with Gasteiger partial charge in [0, 0.05) is 17.8 Å². The van der Waals surface area contributed by atoms with E-state index in [2.05, 4.69) is 0 Å². The van der Waals surface area contributed by atoms with Gasteiger partial charge in [0.25, 0.3) is 0 Å². The van der Waals surface area contributed by atoms with E-state index in [4.69, 9.17) is 61.6 Å². The molecule has 0 aromatic rings. The van der Waals surface area contributed by atoms with E-state index < -0.39 is 254 Å². The topological polar surface area (TPSA) is 429 Å². The molecule has 37 unspecified atom stereocenters. The van der Waals surface area contributed by atoms with Crippen LogP contribution in [0.5, 0.6) is 0 Å². The number of rotatable bonds is 0. The number of epoxide rings is 1. The van der Waals surface area contributed by atoms with Gasteiger partial charge in [0.05, 0.1) is 83.8 Å². The van der Waals surface area contributed by atoms with E-state index in [1.807, 2.05) is 45.9 Å². The number of hydrogen-bond donors (Lipinski definition) is 5. The summed E-state index contributed by atoms with van der Waals surface area (Å²) in [5.41, 5.74) is -25.1. The molecule has 114 heavy (non-hydrogen) atoms. The van der Waals surface area contributed by atoms with E-state index in [0.717, 1.165) is 5.57 Å². The normalized spacial score (nSPS) is 61.6. The minimum Gasteiger partial charge on any atom is -0.458 e. The lowest BCUT2D eigenvalue weighted by Gasteiger charge is -2.64. The average molecular weight is 1580 g/mol. The van der Waals surface area contributed by atoms with Gasteiger partial charge in [-0.25, -0.2) is 14.4 Å². The second kappa shape index (κ2) is 20.3.